The molecule has 0 saturated carbocycles. The van der Waals surface area contributed by atoms with Gasteiger partial charge in [-0.1, -0.05) is 0 Å². The molecule has 0 unspecified atom stereocenters. The zero-order chi connectivity index (χ0) is 16.4. The van der Waals surface area contributed by atoms with Crippen molar-refractivity contribution in [1.82, 2.24) is 9.97 Å². The summed E-state index contributed by atoms with van der Waals surface area (Å²) in [6.45, 7) is 0. The third-order valence-electron chi connectivity index (χ3n) is 3.33. The van der Waals surface area contributed by atoms with Gasteiger partial charge in [-0.15, -0.1) is 0 Å². The summed E-state index contributed by atoms with van der Waals surface area (Å²) >= 11 is 0. The Morgan fingerprint density at radius 2 is 1.96 bits per heavy atom. The van der Waals surface area contributed by atoms with Gasteiger partial charge in [0.1, 0.15) is 6.33 Å². The standard InChI is InChI=1S/C16H14FN3O3/c1-18-9-3-4-14(11(17)5-9)23-16-10-6-15(22-2)13(21)7-12(10)19-8-20-16/h3-8,18,21H,1-2H3. The third-order valence-corrected chi connectivity index (χ3v) is 3.33. The topological polar surface area (TPSA) is 76.5 Å². The molecule has 3 rings (SSSR count). The zero-order valence-electron chi connectivity index (χ0n) is 12.5. The Kier molecular flexibility index (Phi) is 3.84. The molecule has 0 aliphatic rings. The molecule has 2 N–H and O–H groups in total. The number of phenolic OH excluding ortho intramolecular Hbond substituents is 1. The van der Waals surface area contributed by atoms with E-state index in [2.05, 4.69) is 15.3 Å². The van der Waals surface area contributed by atoms with Crippen LogP contribution in [0.4, 0.5) is 10.1 Å². The number of benzene rings is 2. The molecule has 0 aliphatic heterocycles. The van der Waals surface area contributed by atoms with Gasteiger partial charge in [0.2, 0.25) is 5.88 Å². The number of methoxy groups -OCH3 is 1. The van der Waals surface area contributed by atoms with Crippen LogP contribution in [0.5, 0.6) is 23.1 Å². The largest absolute Gasteiger partial charge is 0.504 e. The number of halogens is 1. The van der Waals surface area contributed by atoms with Crippen LogP contribution in [-0.4, -0.2) is 29.2 Å². The van der Waals surface area contributed by atoms with Crippen molar-refractivity contribution in [1.29, 1.82) is 0 Å². The monoisotopic (exact) mass is 315 g/mol. The summed E-state index contributed by atoms with van der Waals surface area (Å²) in [5, 5.41) is 13.1. The van der Waals surface area contributed by atoms with E-state index in [0.29, 0.717) is 16.6 Å². The number of hydrogen-bond acceptors (Lipinski definition) is 6. The molecule has 6 nitrogen and oxygen atoms in total. The van der Waals surface area contributed by atoms with Gasteiger partial charge in [0.05, 0.1) is 18.0 Å². The predicted octanol–water partition coefficient (Wildman–Crippen LogP) is 3.32. The number of rotatable bonds is 4. The smallest absolute Gasteiger partial charge is 0.230 e. The average Bonchev–Trinajstić information content (AvgIpc) is 2.56. The first-order valence-electron chi connectivity index (χ1n) is 6.79. The Bertz CT molecular complexity index is 871. The average molecular weight is 315 g/mol. The van der Waals surface area contributed by atoms with Crippen LogP contribution in [0.15, 0.2) is 36.7 Å². The molecule has 7 heteroatoms. The summed E-state index contributed by atoms with van der Waals surface area (Å²) in [5.41, 5.74) is 1.09. The number of fused-ring (bicyclic) bond motifs is 1. The highest BCUT2D eigenvalue weighted by atomic mass is 19.1. The summed E-state index contributed by atoms with van der Waals surface area (Å²) in [7, 11) is 3.13. The molecule has 1 aromatic heterocycles. The summed E-state index contributed by atoms with van der Waals surface area (Å²) in [4.78, 5) is 8.10. The maximum Gasteiger partial charge on any atom is 0.230 e. The van der Waals surface area contributed by atoms with Crippen LogP contribution in [0.3, 0.4) is 0 Å². The van der Waals surface area contributed by atoms with Gasteiger partial charge in [-0.05, 0) is 18.2 Å². The van der Waals surface area contributed by atoms with Crippen LogP contribution in [0, 0.1) is 5.82 Å². The molecule has 0 atom stereocenters. The molecule has 23 heavy (non-hydrogen) atoms. The van der Waals surface area contributed by atoms with Gasteiger partial charge in [0.25, 0.3) is 0 Å². The lowest BCUT2D eigenvalue weighted by atomic mass is 10.2. The molecule has 0 bridgehead atoms. The van der Waals surface area contributed by atoms with E-state index in [4.69, 9.17) is 9.47 Å². The molecule has 0 amide bonds. The molecular formula is C16H14FN3O3. The van der Waals surface area contributed by atoms with Gasteiger partial charge in [-0.3, -0.25) is 0 Å². The Balaban J connectivity index is 2.06. The van der Waals surface area contributed by atoms with Gasteiger partial charge in [0, 0.05) is 24.9 Å². The van der Waals surface area contributed by atoms with E-state index in [9.17, 15) is 9.50 Å². The molecule has 0 spiro atoms. The summed E-state index contributed by atoms with van der Waals surface area (Å²) < 4.78 is 24.7. The van der Waals surface area contributed by atoms with Crippen molar-refractivity contribution in [3.63, 3.8) is 0 Å². The Morgan fingerprint density at radius 1 is 1.13 bits per heavy atom. The first kappa shape index (κ1) is 14.8. The second-order valence-electron chi connectivity index (χ2n) is 4.72. The summed E-state index contributed by atoms with van der Waals surface area (Å²) in [6, 6.07) is 7.50. The minimum Gasteiger partial charge on any atom is -0.504 e. The lowest BCUT2D eigenvalue weighted by molar-refractivity contribution is 0.374. The van der Waals surface area contributed by atoms with Crippen LogP contribution in [0.25, 0.3) is 10.9 Å². The van der Waals surface area contributed by atoms with Crippen molar-refractivity contribution >= 4 is 16.6 Å². The van der Waals surface area contributed by atoms with Crippen LogP contribution < -0.4 is 14.8 Å². The van der Waals surface area contributed by atoms with Crippen molar-refractivity contribution in [3.8, 4) is 23.1 Å². The van der Waals surface area contributed by atoms with Crippen LogP contribution in [0.1, 0.15) is 0 Å². The number of aromatic nitrogens is 2. The van der Waals surface area contributed by atoms with Crippen molar-refractivity contribution in [2.45, 2.75) is 0 Å². The van der Waals surface area contributed by atoms with E-state index in [0.717, 1.165) is 0 Å². The van der Waals surface area contributed by atoms with E-state index in [-0.39, 0.29) is 23.1 Å². The molecular weight excluding hydrogens is 301 g/mol. The molecule has 3 aromatic rings. The number of hydrogen-bond donors (Lipinski definition) is 2. The van der Waals surface area contributed by atoms with Crippen molar-refractivity contribution < 1.29 is 19.0 Å². The third kappa shape index (κ3) is 2.80. The van der Waals surface area contributed by atoms with Gasteiger partial charge in [-0.25, -0.2) is 14.4 Å². The molecule has 0 fully saturated rings. The lowest BCUT2D eigenvalue weighted by Crippen LogP contribution is -1.96. The van der Waals surface area contributed by atoms with Crippen molar-refractivity contribution in [2.75, 3.05) is 19.5 Å². The molecule has 0 radical (unpaired) electrons. The van der Waals surface area contributed by atoms with Gasteiger partial charge in [0.15, 0.2) is 23.1 Å². The highest BCUT2D eigenvalue weighted by Gasteiger charge is 2.13. The number of nitrogens with one attached hydrogen (secondary N) is 1. The number of anilines is 1. The summed E-state index contributed by atoms with van der Waals surface area (Å²) in [5.74, 6) is -0.104. The lowest BCUT2D eigenvalue weighted by Gasteiger charge is -2.11. The number of nitrogens with zero attached hydrogens (tertiary/aromatic N) is 2. The maximum atomic E-state index is 14.1. The second-order valence-corrected chi connectivity index (χ2v) is 4.72. The minimum absolute atomic E-state index is 0.0380. The number of phenols is 1. The van der Waals surface area contributed by atoms with E-state index in [1.165, 1.54) is 31.6 Å². The zero-order valence-corrected chi connectivity index (χ0v) is 12.5. The number of aromatic hydroxyl groups is 1. The molecule has 0 aliphatic carbocycles. The van der Waals surface area contributed by atoms with Crippen LogP contribution in [0.2, 0.25) is 0 Å². The second kappa shape index (κ2) is 5.96. The van der Waals surface area contributed by atoms with Crippen molar-refractivity contribution in [2.24, 2.45) is 0 Å². The fourth-order valence-electron chi connectivity index (χ4n) is 2.14. The Morgan fingerprint density at radius 3 is 2.65 bits per heavy atom. The number of ether oxygens (including phenoxy) is 2. The van der Waals surface area contributed by atoms with Crippen LogP contribution >= 0.6 is 0 Å². The maximum absolute atomic E-state index is 14.1. The molecule has 2 aromatic carbocycles. The van der Waals surface area contributed by atoms with Gasteiger partial charge < -0.3 is 19.9 Å². The van der Waals surface area contributed by atoms with Crippen molar-refractivity contribution in [3.05, 3.63) is 42.5 Å². The normalized spacial score (nSPS) is 10.6. The SMILES string of the molecule is CNc1ccc(Oc2ncnc3cc(O)c(OC)cc23)c(F)c1. The van der Waals surface area contributed by atoms with Gasteiger partial charge in [-0.2, -0.15) is 0 Å². The molecule has 1 heterocycles. The first-order chi connectivity index (χ1) is 11.1. The van der Waals surface area contributed by atoms with E-state index < -0.39 is 5.82 Å². The first-order valence-corrected chi connectivity index (χ1v) is 6.79. The summed E-state index contributed by atoms with van der Waals surface area (Å²) in [6.07, 6.45) is 1.28. The highest BCUT2D eigenvalue weighted by molar-refractivity contribution is 5.86. The van der Waals surface area contributed by atoms with Crippen LogP contribution in [-0.2, 0) is 0 Å². The molecule has 118 valence electrons. The van der Waals surface area contributed by atoms with Gasteiger partial charge >= 0.3 is 0 Å². The Labute approximate surface area is 131 Å². The quantitative estimate of drug-likeness (QED) is 0.769. The predicted molar refractivity (Wildman–Crippen MR) is 83.8 cm³/mol. The highest BCUT2D eigenvalue weighted by Crippen LogP contribution is 2.35. The fourth-order valence-corrected chi connectivity index (χ4v) is 2.14. The van der Waals surface area contributed by atoms with E-state index in [1.807, 2.05) is 0 Å². The Hall–Kier alpha value is -3.09. The fraction of sp³-hybridized carbons (Fsp3) is 0.125. The molecule has 0 saturated heterocycles. The van der Waals surface area contributed by atoms with E-state index >= 15 is 0 Å². The van der Waals surface area contributed by atoms with E-state index in [1.54, 1.807) is 19.2 Å². The minimum atomic E-state index is -0.519.